The molecule has 0 amide bonds. The molecule has 1 rings (SSSR count). The predicted molar refractivity (Wildman–Crippen MR) is 78.9 cm³/mol. The van der Waals surface area contributed by atoms with E-state index < -0.39 is 0 Å². The summed E-state index contributed by atoms with van der Waals surface area (Å²) in [5.41, 5.74) is 3.78. The normalized spacial score (nSPS) is 10.8. The molecule has 0 aliphatic carbocycles. The summed E-state index contributed by atoms with van der Waals surface area (Å²) in [6.07, 6.45) is 0. The molecule has 0 heterocycles. The first-order chi connectivity index (χ1) is 8.01. The largest absolute Gasteiger partial charge is 0.496 e. The quantitative estimate of drug-likeness (QED) is 0.806. The highest BCUT2D eigenvalue weighted by Crippen LogP contribution is 2.33. The lowest BCUT2D eigenvalue weighted by atomic mass is 9.98. The van der Waals surface area contributed by atoms with Gasteiger partial charge in [0.2, 0.25) is 0 Å². The molecule has 0 N–H and O–H groups in total. The van der Waals surface area contributed by atoms with Gasteiger partial charge in [0.1, 0.15) is 5.75 Å². The second-order valence-corrected chi connectivity index (χ2v) is 5.13. The van der Waals surface area contributed by atoms with Crippen molar-refractivity contribution >= 4 is 18.3 Å². The molecule has 0 saturated carbocycles. The number of ether oxygens (including phenoxy) is 1. The highest BCUT2D eigenvalue weighted by molar-refractivity contribution is 7.80. The van der Waals surface area contributed by atoms with Crippen LogP contribution in [0.1, 0.15) is 30.9 Å². The van der Waals surface area contributed by atoms with E-state index in [1.165, 1.54) is 16.8 Å². The summed E-state index contributed by atoms with van der Waals surface area (Å²) in [6.45, 7) is 7.45. The Labute approximate surface area is 110 Å². The minimum atomic E-state index is 0.466. The summed E-state index contributed by atoms with van der Waals surface area (Å²) in [4.78, 5) is 2.24. The minimum Gasteiger partial charge on any atom is -0.496 e. The zero-order valence-electron chi connectivity index (χ0n) is 11.4. The van der Waals surface area contributed by atoms with Gasteiger partial charge >= 0.3 is 0 Å². The molecule has 0 bridgehead atoms. The zero-order chi connectivity index (χ0) is 13.0. The van der Waals surface area contributed by atoms with Crippen LogP contribution in [0.25, 0.3) is 0 Å². The van der Waals surface area contributed by atoms with Gasteiger partial charge in [0.15, 0.2) is 0 Å². The highest BCUT2D eigenvalue weighted by Gasteiger charge is 2.13. The lowest BCUT2D eigenvalue weighted by molar-refractivity contribution is 0.407. The predicted octanol–water partition coefficient (Wildman–Crippen LogP) is 3.49. The zero-order valence-corrected chi connectivity index (χ0v) is 12.3. The van der Waals surface area contributed by atoms with E-state index >= 15 is 0 Å². The molecule has 1 aromatic carbocycles. The van der Waals surface area contributed by atoms with E-state index in [2.05, 4.69) is 57.5 Å². The van der Waals surface area contributed by atoms with Gasteiger partial charge in [-0.2, -0.15) is 12.6 Å². The van der Waals surface area contributed by atoms with E-state index in [4.69, 9.17) is 4.74 Å². The first kappa shape index (κ1) is 14.2. The number of thiol groups is 1. The first-order valence-corrected chi connectivity index (χ1v) is 6.65. The van der Waals surface area contributed by atoms with Crippen molar-refractivity contribution in [2.45, 2.75) is 26.7 Å². The molecule has 96 valence electrons. The molecule has 0 saturated heterocycles. The van der Waals surface area contributed by atoms with Crippen LogP contribution in [-0.2, 0) is 0 Å². The molecule has 17 heavy (non-hydrogen) atoms. The summed E-state index contributed by atoms with van der Waals surface area (Å²) in [5.74, 6) is 2.31. The molecular weight excluding hydrogens is 230 g/mol. The van der Waals surface area contributed by atoms with E-state index in [0.717, 1.165) is 18.0 Å². The Morgan fingerprint density at radius 1 is 1.35 bits per heavy atom. The number of hydrogen-bond donors (Lipinski definition) is 1. The Kier molecular flexibility index (Phi) is 5.19. The highest BCUT2D eigenvalue weighted by atomic mass is 32.1. The summed E-state index contributed by atoms with van der Waals surface area (Å²) in [5, 5.41) is 0. The third kappa shape index (κ3) is 3.32. The minimum absolute atomic E-state index is 0.466. The molecule has 0 radical (unpaired) electrons. The van der Waals surface area contributed by atoms with Crippen molar-refractivity contribution < 1.29 is 4.74 Å². The molecule has 0 fully saturated rings. The van der Waals surface area contributed by atoms with Crippen LogP contribution in [0, 0.1) is 6.92 Å². The molecule has 0 spiro atoms. The van der Waals surface area contributed by atoms with Crippen LogP contribution in [-0.4, -0.2) is 26.5 Å². The Morgan fingerprint density at radius 3 is 2.47 bits per heavy atom. The fourth-order valence-corrected chi connectivity index (χ4v) is 2.30. The number of rotatable bonds is 5. The second-order valence-electron chi connectivity index (χ2n) is 4.68. The SMILES string of the molecule is COc1cc(C)c(N(C)CCS)cc1C(C)C. The maximum absolute atomic E-state index is 5.45. The second kappa shape index (κ2) is 6.20. The average Bonchev–Trinajstić information content (AvgIpc) is 2.28. The Bertz CT molecular complexity index is 377. The van der Waals surface area contributed by atoms with Crippen molar-refractivity contribution in [2.75, 3.05) is 31.4 Å². The van der Waals surface area contributed by atoms with Crippen molar-refractivity contribution in [3.8, 4) is 5.75 Å². The molecule has 0 unspecified atom stereocenters. The van der Waals surface area contributed by atoms with Gasteiger partial charge in [0.25, 0.3) is 0 Å². The average molecular weight is 253 g/mol. The molecule has 0 aliphatic rings. The van der Waals surface area contributed by atoms with E-state index in [1.807, 2.05) is 0 Å². The van der Waals surface area contributed by atoms with Gasteiger partial charge in [-0.05, 0) is 36.1 Å². The lowest BCUT2D eigenvalue weighted by Crippen LogP contribution is -2.20. The Hall–Kier alpha value is -0.830. The number of anilines is 1. The van der Waals surface area contributed by atoms with E-state index in [0.29, 0.717) is 5.92 Å². The maximum atomic E-state index is 5.45. The van der Waals surface area contributed by atoms with Crippen LogP contribution < -0.4 is 9.64 Å². The number of aryl methyl sites for hydroxylation is 1. The van der Waals surface area contributed by atoms with Gasteiger partial charge in [0, 0.05) is 25.0 Å². The smallest absolute Gasteiger partial charge is 0.122 e. The Morgan fingerprint density at radius 2 is 2.00 bits per heavy atom. The molecule has 1 aromatic rings. The van der Waals surface area contributed by atoms with Gasteiger partial charge in [-0.3, -0.25) is 0 Å². The van der Waals surface area contributed by atoms with Crippen LogP contribution in [0.15, 0.2) is 12.1 Å². The number of nitrogens with zero attached hydrogens (tertiary/aromatic N) is 1. The van der Waals surface area contributed by atoms with Crippen LogP contribution in [0.4, 0.5) is 5.69 Å². The van der Waals surface area contributed by atoms with Crippen LogP contribution in [0.5, 0.6) is 5.75 Å². The van der Waals surface area contributed by atoms with Gasteiger partial charge in [-0.15, -0.1) is 0 Å². The summed E-state index contributed by atoms with van der Waals surface area (Å²) in [7, 11) is 3.84. The standard InChI is InChI=1S/C14H23NOS/c1-10(2)12-9-13(15(4)6-7-17)11(3)8-14(12)16-5/h8-10,17H,6-7H2,1-5H3. The maximum Gasteiger partial charge on any atom is 0.122 e. The Balaban J connectivity index is 3.19. The van der Waals surface area contributed by atoms with Gasteiger partial charge in [0.05, 0.1) is 7.11 Å². The summed E-state index contributed by atoms with van der Waals surface area (Å²) >= 11 is 4.28. The summed E-state index contributed by atoms with van der Waals surface area (Å²) in [6, 6.07) is 4.36. The van der Waals surface area contributed by atoms with Crippen LogP contribution >= 0.6 is 12.6 Å². The van der Waals surface area contributed by atoms with E-state index in [-0.39, 0.29) is 0 Å². The van der Waals surface area contributed by atoms with E-state index in [9.17, 15) is 0 Å². The lowest BCUT2D eigenvalue weighted by Gasteiger charge is -2.23. The van der Waals surface area contributed by atoms with Crippen molar-refractivity contribution in [1.82, 2.24) is 0 Å². The summed E-state index contributed by atoms with van der Waals surface area (Å²) < 4.78 is 5.45. The number of hydrogen-bond acceptors (Lipinski definition) is 3. The first-order valence-electron chi connectivity index (χ1n) is 6.01. The van der Waals surface area contributed by atoms with Gasteiger partial charge in [-0.1, -0.05) is 13.8 Å². The van der Waals surface area contributed by atoms with Crippen LogP contribution in [0.2, 0.25) is 0 Å². The van der Waals surface area contributed by atoms with E-state index in [1.54, 1.807) is 7.11 Å². The topological polar surface area (TPSA) is 12.5 Å². The van der Waals surface area contributed by atoms with Crippen molar-refractivity contribution in [1.29, 1.82) is 0 Å². The third-order valence-corrected chi connectivity index (χ3v) is 3.22. The van der Waals surface area contributed by atoms with Crippen molar-refractivity contribution in [2.24, 2.45) is 0 Å². The van der Waals surface area contributed by atoms with Crippen molar-refractivity contribution in [3.63, 3.8) is 0 Å². The van der Waals surface area contributed by atoms with Gasteiger partial charge in [-0.25, -0.2) is 0 Å². The molecule has 3 heteroatoms. The molecule has 0 aliphatic heterocycles. The number of benzene rings is 1. The van der Waals surface area contributed by atoms with Gasteiger partial charge < -0.3 is 9.64 Å². The molecule has 2 nitrogen and oxygen atoms in total. The molecule has 0 aromatic heterocycles. The van der Waals surface area contributed by atoms with Crippen LogP contribution in [0.3, 0.4) is 0 Å². The fourth-order valence-electron chi connectivity index (χ4n) is 2.00. The molecular formula is C14H23NOS. The number of methoxy groups -OCH3 is 1. The monoisotopic (exact) mass is 253 g/mol. The third-order valence-electron chi connectivity index (χ3n) is 3.02. The fraction of sp³-hybridized carbons (Fsp3) is 0.571. The molecule has 0 atom stereocenters. The van der Waals surface area contributed by atoms with Crippen molar-refractivity contribution in [3.05, 3.63) is 23.3 Å².